The number of hydrogen-bond acceptors (Lipinski definition) is 3. The molecule has 0 aromatic heterocycles. The first kappa shape index (κ1) is 20.4. The van der Waals surface area contributed by atoms with E-state index >= 15 is 0 Å². The number of aliphatic carboxylic acids is 1. The van der Waals surface area contributed by atoms with Crippen molar-refractivity contribution in [1.82, 2.24) is 0 Å². The second kappa shape index (κ2) is 6.57. The van der Waals surface area contributed by atoms with Gasteiger partial charge in [-0.2, -0.15) is 0 Å². The molecular weight excluding hydrogens is 352 g/mol. The maximum absolute atomic E-state index is 12.5. The van der Waals surface area contributed by atoms with Crippen molar-refractivity contribution in [2.75, 3.05) is 13.2 Å². The zero-order valence-electron chi connectivity index (χ0n) is 17.9. The number of rotatable bonds is 4. The van der Waals surface area contributed by atoms with Crippen LogP contribution in [0.4, 0.5) is 0 Å². The number of fused-ring (bicyclic) bond motifs is 2. The van der Waals surface area contributed by atoms with E-state index in [-0.39, 0.29) is 41.3 Å². The molecule has 0 unspecified atom stereocenters. The number of hydrogen-bond donors (Lipinski definition) is 3. The lowest BCUT2D eigenvalue weighted by Crippen LogP contribution is -2.65. The largest absolute Gasteiger partial charge is 0.481 e. The Morgan fingerprint density at radius 3 is 2.46 bits per heavy atom. The second-order valence-electron chi connectivity index (χ2n) is 11.2. The van der Waals surface area contributed by atoms with E-state index in [1.165, 1.54) is 5.57 Å². The monoisotopic (exact) mass is 390 g/mol. The molecule has 4 nitrogen and oxygen atoms in total. The minimum absolute atomic E-state index is 0.0331. The first-order chi connectivity index (χ1) is 13.1. The first-order valence-electron chi connectivity index (χ1n) is 11.3. The van der Waals surface area contributed by atoms with Gasteiger partial charge in [-0.1, -0.05) is 45.8 Å². The Labute approximate surface area is 169 Å². The molecule has 5 rings (SSSR count). The molecule has 3 N–H and O–H groups in total. The van der Waals surface area contributed by atoms with Crippen molar-refractivity contribution >= 4 is 5.97 Å². The van der Waals surface area contributed by atoms with Crippen molar-refractivity contribution in [3.63, 3.8) is 0 Å². The highest BCUT2D eigenvalue weighted by Gasteiger charge is 2.68. The fourth-order valence-electron chi connectivity index (χ4n) is 8.71. The third-order valence-corrected chi connectivity index (χ3v) is 9.79. The van der Waals surface area contributed by atoms with E-state index in [1.54, 1.807) is 0 Å². The molecule has 0 aromatic carbocycles. The van der Waals surface area contributed by atoms with Gasteiger partial charge in [0.1, 0.15) is 0 Å². The van der Waals surface area contributed by atoms with Gasteiger partial charge in [0.15, 0.2) is 0 Å². The van der Waals surface area contributed by atoms with Crippen LogP contribution in [0.15, 0.2) is 11.6 Å². The molecule has 158 valence electrons. The fourth-order valence-corrected chi connectivity index (χ4v) is 8.71. The average Bonchev–Trinajstić information content (AvgIpc) is 2.65. The van der Waals surface area contributed by atoms with Crippen LogP contribution >= 0.6 is 0 Å². The summed E-state index contributed by atoms with van der Waals surface area (Å²) in [5.74, 6) is -0.0152. The van der Waals surface area contributed by atoms with Gasteiger partial charge >= 0.3 is 5.97 Å². The van der Waals surface area contributed by atoms with Gasteiger partial charge in [-0.15, -0.1) is 0 Å². The highest BCUT2D eigenvalue weighted by atomic mass is 16.4. The van der Waals surface area contributed by atoms with Gasteiger partial charge in [-0.3, -0.25) is 4.79 Å². The molecule has 8 atom stereocenters. The summed E-state index contributed by atoms with van der Waals surface area (Å²) >= 11 is 0. The molecule has 2 bridgehead atoms. The van der Waals surface area contributed by atoms with Gasteiger partial charge < -0.3 is 15.3 Å². The van der Waals surface area contributed by atoms with Crippen molar-refractivity contribution in [3.8, 4) is 0 Å². The smallest absolute Gasteiger partial charge is 0.307 e. The molecule has 0 radical (unpaired) electrons. The maximum Gasteiger partial charge on any atom is 0.307 e. The number of allylic oxidation sites excluding steroid dienone is 2. The molecule has 5 aliphatic rings. The molecule has 0 aliphatic heterocycles. The summed E-state index contributed by atoms with van der Waals surface area (Å²) in [5, 5.41) is 30.7. The van der Waals surface area contributed by atoms with Gasteiger partial charge in [0.2, 0.25) is 0 Å². The molecule has 0 heterocycles. The minimum atomic E-state index is -0.726. The Balaban J connectivity index is 1.86. The Hall–Kier alpha value is -0.870. The van der Waals surface area contributed by atoms with Gasteiger partial charge in [0, 0.05) is 24.5 Å². The van der Waals surface area contributed by atoms with Crippen LogP contribution in [0.25, 0.3) is 0 Å². The van der Waals surface area contributed by atoms with E-state index in [4.69, 9.17) is 0 Å². The SMILES string of the molecule is CC(C)C1=C[C@@]23CC[C@H]4[C@](C)(CO)CCC[C@]4(C)[C@H]2C[C@@H]1[C@@H](CO)[C@H]3C(=O)O. The minimum Gasteiger partial charge on any atom is -0.481 e. The molecular formula is C24H38O4. The zero-order valence-corrected chi connectivity index (χ0v) is 17.9. The van der Waals surface area contributed by atoms with Crippen LogP contribution in [0.2, 0.25) is 0 Å². The second-order valence-corrected chi connectivity index (χ2v) is 11.2. The summed E-state index contributed by atoms with van der Waals surface area (Å²) in [7, 11) is 0. The quantitative estimate of drug-likeness (QED) is 0.631. The van der Waals surface area contributed by atoms with Gasteiger partial charge in [0.05, 0.1) is 5.92 Å². The Kier molecular flexibility index (Phi) is 4.79. The molecule has 4 heteroatoms. The van der Waals surface area contributed by atoms with Crippen molar-refractivity contribution in [1.29, 1.82) is 0 Å². The normalized spacial score (nSPS) is 50.1. The summed E-state index contributed by atoms with van der Waals surface area (Å²) in [6.45, 7) is 9.25. The van der Waals surface area contributed by atoms with E-state index in [9.17, 15) is 20.1 Å². The first-order valence-corrected chi connectivity index (χ1v) is 11.3. The predicted molar refractivity (Wildman–Crippen MR) is 109 cm³/mol. The maximum atomic E-state index is 12.5. The summed E-state index contributed by atoms with van der Waals surface area (Å²) in [6.07, 6.45) is 8.57. The van der Waals surface area contributed by atoms with Crippen LogP contribution in [-0.2, 0) is 4.79 Å². The van der Waals surface area contributed by atoms with Crippen LogP contribution in [0.3, 0.4) is 0 Å². The average molecular weight is 391 g/mol. The molecule has 3 saturated carbocycles. The third-order valence-electron chi connectivity index (χ3n) is 9.79. The molecule has 28 heavy (non-hydrogen) atoms. The van der Waals surface area contributed by atoms with Crippen molar-refractivity contribution in [3.05, 3.63) is 11.6 Å². The van der Waals surface area contributed by atoms with Gasteiger partial charge in [-0.25, -0.2) is 0 Å². The van der Waals surface area contributed by atoms with Gasteiger partial charge in [-0.05, 0) is 66.6 Å². The Morgan fingerprint density at radius 2 is 1.89 bits per heavy atom. The fraction of sp³-hybridized carbons (Fsp3) is 0.875. The third kappa shape index (κ3) is 2.46. The highest BCUT2D eigenvalue weighted by molar-refractivity contribution is 5.73. The van der Waals surface area contributed by atoms with Crippen molar-refractivity contribution < 1.29 is 20.1 Å². The number of aliphatic hydroxyl groups is 2. The summed E-state index contributed by atoms with van der Waals surface area (Å²) < 4.78 is 0. The lowest BCUT2D eigenvalue weighted by molar-refractivity contribution is -0.203. The van der Waals surface area contributed by atoms with Crippen LogP contribution in [0.1, 0.15) is 66.2 Å². The molecule has 0 amide bonds. The van der Waals surface area contributed by atoms with E-state index in [0.717, 1.165) is 38.5 Å². The van der Waals surface area contributed by atoms with E-state index in [1.807, 2.05) is 0 Å². The van der Waals surface area contributed by atoms with E-state index in [0.29, 0.717) is 17.8 Å². The number of aliphatic hydroxyl groups excluding tert-OH is 2. The van der Waals surface area contributed by atoms with Crippen molar-refractivity contribution in [2.45, 2.75) is 66.2 Å². The molecule has 5 aliphatic carbocycles. The topological polar surface area (TPSA) is 77.8 Å². The van der Waals surface area contributed by atoms with Crippen LogP contribution in [0.5, 0.6) is 0 Å². The van der Waals surface area contributed by atoms with Crippen LogP contribution in [-0.4, -0.2) is 34.5 Å². The summed E-state index contributed by atoms with van der Waals surface area (Å²) in [5.41, 5.74) is 1.06. The number of carboxylic acid groups (broad SMARTS) is 1. The number of carboxylic acids is 1. The lowest BCUT2D eigenvalue weighted by atomic mass is 9.34. The molecule has 3 fully saturated rings. The van der Waals surface area contributed by atoms with Gasteiger partial charge in [0.25, 0.3) is 0 Å². The number of carbonyl (C=O) groups is 1. The molecule has 1 spiro atoms. The lowest BCUT2D eigenvalue weighted by Gasteiger charge is -2.69. The summed E-state index contributed by atoms with van der Waals surface area (Å²) in [6, 6.07) is 0. The molecule has 0 aromatic rings. The standard InChI is InChI=1S/C24H38O4/c1-14(2)16-11-24-9-6-18-22(3,13-26)7-5-8-23(18,4)19(24)10-15(16)17(12-25)20(24)21(27)28/h11,14-15,17-20,25-26H,5-10,12-13H2,1-4H3,(H,27,28)/t15-,17+,18-,19+,20-,22-,23-,24-/m0/s1. The summed E-state index contributed by atoms with van der Waals surface area (Å²) in [4.78, 5) is 12.5. The van der Waals surface area contributed by atoms with Crippen LogP contribution in [0, 0.1) is 51.8 Å². The Morgan fingerprint density at radius 1 is 1.18 bits per heavy atom. The van der Waals surface area contributed by atoms with E-state index in [2.05, 4.69) is 33.8 Å². The molecule has 0 saturated heterocycles. The van der Waals surface area contributed by atoms with E-state index < -0.39 is 11.9 Å². The zero-order chi connectivity index (χ0) is 20.5. The Bertz CT molecular complexity index is 684. The van der Waals surface area contributed by atoms with Crippen LogP contribution < -0.4 is 0 Å². The van der Waals surface area contributed by atoms with Crippen molar-refractivity contribution in [2.24, 2.45) is 51.8 Å². The highest BCUT2D eigenvalue weighted by Crippen LogP contribution is 2.73. The predicted octanol–water partition coefficient (Wildman–Crippen LogP) is 4.11.